The molecule has 1 aromatic heterocycles. The highest BCUT2D eigenvalue weighted by atomic mass is 16.4. The number of anilines is 1. The molecule has 0 spiro atoms. The van der Waals surface area contributed by atoms with Gasteiger partial charge in [-0.1, -0.05) is 12.0 Å². The summed E-state index contributed by atoms with van der Waals surface area (Å²) in [5.41, 5.74) is 0. The van der Waals surface area contributed by atoms with Crippen molar-refractivity contribution in [3.63, 3.8) is 0 Å². The van der Waals surface area contributed by atoms with Crippen molar-refractivity contribution in [1.29, 1.82) is 0 Å². The maximum absolute atomic E-state index is 11.0. The number of amides is 1. The summed E-state index contributed by atoms with van der Waals surface area (Å²) in [4.78, 5) is 11.0. The van der Waals surface area contributed by atoms with Crippen molar-refractivity contribution < 1.29 is 9.21 Å². The second-order valence-corrected chi connectivity index (χ2v) is 4.41. The summed E-state index contributed by atoms with van der Waals surface area (Å²) >= 11 is 0. The summed E-state index contributed by atoms with van der Waals surface area (Å²) in [7, 11) is 0. The minimum Gasteiger partial charge on any atom is -0.406 e. The van der Waals surface area contributed by atoms with Crippen LogP contribution in [0.1, 0.15) is 38.6 Å². The molecule has 2 heterocycles. The zero-order valence-corrected chi connectivity index (χ0v) is 10.7. The first-order chi connectivity index (χ1) is 8.69. The van der Waals surface area contributed by atoms with Crippen LogP contribution in [-0.4, -0.2) is 35.2 Å². The van der Waals surface area contributed by atoms with E-state index >= 15 is 0 Å². The van der Waals surface area contributed by atoms with Crippen molar-refractivity contribution in [3.05, 3.63) is 5.89 Å². The number of hydrogen-bond acceptors (Lipinski definition) is 6. The van der Waals surface area contributed by atoms with Gasteiger partial charge in [-0.2, -0.15) is 0 Å². The van der Waals surface area contributed by atoms with Crippen LogP contribution in [0.25, 0.3) is 0 Å². The molecule has 100 valence electrons. The lowest BCUT2D eigenvalue weighted by Crippen LogP contribution is -2.31. The van der Waals surface area contributed by atoms with E-state index in [4.69, 9.17) is 4.42 Å². The van der Waals surface area contributed by atoms with Gasteiger partial charge in [0.2, 0.25) is 11.8 Å². The van der Waals surface area contributed by atoms with Gasteiger partial charge in [0.05, 0.1) is 6.04 Å². The molecule has 0 radical (unpaired) electrons. The zero-order chi connectivity index (χ0) is 13.0. The zero-order valence-electron chi connectivity index (χ0n) is 10.7. The van der Waals surface area contributed by atoms with Crippen molar-refractivity contribution in [2.24, 2.45) is 0 Å². The Morgan fingerprint density at radius 2 is 2.39 bits per heavy atom. The monoisotopic (exact) mass is 253 g/mol. The molecule has 18 heavy (non-hydrogen) atoms. The van der Waals surface area contributed by atoms with Crippen LogP contribution in [0, 0.1) is 0 Å². The lowest BCUT2D eigenvalue weighted by Gasteiger charge is -2.09. The third kappa shape index (κ3) is 3.19. The number of carbonyl (C=O) groups excluding carboxylic acids is 1. The lowest BCUT2D eigenvalue weighted by atomic mass is 10.2. The second kappa shape index (κ2) is 5.81. The van der Waals surface area contributed by atoms with Crippen LogP contribution in [0.15, 0.2) is 4.42 Å². The summed E-state index contributed by atoms with van der Waals surface area (Å²) in [6, 6.07) is 0.596. The van der Waals surface area contributed by atoms with Crippen LogP contribution in [0.5, 0.6) is 0 Å². The number of carbonyl (C=O) groups is 1. The third-order valence-electron chi connectivity index (χ3n) is 2.91. The van der Waals surface area contributed by atoms with E-state index < -0.39 is 0 Å². The highest BCUT2D eigenvalue weighted by Crippen LogP contribution is 2.14. The summed E-state index contributed by atoms with van der Waals surface area (Å²) < 4.78 is 5.48. The molecule has 2 unspecified atom stereocenters. The summed E-state index contributed by atoms with van der Waals surface area (Å²) in [6.45, 7) is 5.45. The molecule has 3 N–H and O–H groups in total. The van der Waals surface area contributed by atoms with Crippen LogP contribution in [0.4, 0.5) is 6.01 Å². The van der Waals surface area contributed by atoms with E-state index in [1.165, 1.54) is 0 Å². The van der Waals surface area contributed by atoms with Crippen LogP contribution < -0.4 is 16.0 Å². The molecule has 1 aliphatic heterocycles. The number of nitrogens with one attached hydrogen (secondary N) is 3. The van der Waals surface area contributed by atoms with Crippen molar-refractivity contribution in [1.82, 2.24) is 20.8 Å². The fourth-order valence-corrected chi connectivity index (χ4v) is 1.92. The van der Waals surface area contributed by atoms with Crippen LogP contribution in [0.3, 0.4) is 0 Å². The molecule has 0 aromatic carbocycles. The predicted octanol–water partition coefficient (Wildman–Crippen LogP) is 0.431. The molecule has 1 fully saturated rings. The first-order valence-electron chi connectivity index (χ1n) is 6.29. The van der Waals surface area contributed by atoms with Gasteiger partial charge in [-0.25, -0.2) is 0 Å². The van der Waals surface area contributed by atoms with Crippen molar-refractivity contribution >= 4 is 11.9 Å². The molecule has 1 amide bonds. The van der Waals surface area contributed by atoms with E-state index in [1.54, 1.807) is 0 Å². The third-order valence-corrected chi connectivity index (χ3v) is 2.91. The summed E-state index contributed by atoms with van der Waals surface area (Å²) in [5.74, 6) is 0.670. The fraction of sp³-hybridized carbons (Fsp3) is 0.727. The molecule has 0 aliphatic carbocycles. The Morgan fingerprint density at radius 1 is 1.56 bits per heavy atom. The number of hydrogen-bond donors (Lipinski definition) is 3. The van der Waals surface area contributed by atoms with Gasteiger partial charge in [0.25, 0.3) is 0 Å². The van der Waals surface area contributed by atoms with Crippen LogP contribution in [0.2, 0.25) is 0 Å². The molecule has 7 nitrogen and oxygen atoms in total. The fourth-order valence-electron chi connectivity index (χ4n) is 1.92. The molecule has 0 bridgehead atoms. The topological polar surface area (TPSA) is 92.1 Å². The maximum Gasteiger partial charge on any atom is 0.315 e. The smallest absolute Gasteiger partial charge is 0.315 e. The minimum absolute atomic E-state index is 0.0456. The first kappa shape index (κ1) is 12.8. The van der Waals surface area contributed by atoms with E-state index in [0.717, 1.165) is 13.0 Å². The van der Waals surface area contributed by atoms with E-state index in [-0.39, 0.29) is 18.0 Å². The van der Waals surface area contributed by atoms with Gasteiger partial charge in [-0.3, -0.25) is 4.79 Å². The molecule has 1 aliphatic rings. The summed E-state index contributed by atoms with van der Waals surface area (Å²) in [5, 5.41) is 17.0. The Labute approximate surface area is 106 Å². The average molecular weight is 253 g/mol. The normalized spacial score (nSPS) is 20.8. The van der Waals surface area contributed by atoms with Crippen molar-refractivity contribution in [3.8, 4) is 0 Å². The Morgan fingerprint density at radius 3 is 3.06 bits per heavy atom. The second-order valence-electron chi connectivity index (χ2n) is 4.41. The summed E-state index contributed by atoms with van der Waals surface area (Å²) in [6.07, 6.45) is 1.44. The SMILES string of the molecule is CCNC(C)c1nnc(NCC2CCC(=O)N2)o1. The molecule has 2 rings (SSSR count). The van der Waals surface area contributed by atoms with Gasteiger partial charge in [-0.15, -0.1) is 5.10 Å². The predicted molar refractivity (Wildman–Crippen MR) is 66.0 cm³/mol. The Kier molecular flexibility index (Phi) is 4.14. The molecular weight excluding hydrogens is 234 g/mol. The minimum atomic E-state index is 0.0456. The number of nitrogens with zero attached hydrogens (tertiary/aromatic N) is 2. The number of aromatic nitrogens is 2. The molecule has 7 heteroatoms. The van der Waals surface area contributed by atoms with Crippen molar-refractivity contribution in [2.45, 2.75) is 38.8 Å². The highest BCUT2D eigenvalue weighted by molar-refractivity contribution is 5.78. The Balaban J connectivity index is 1.81. The van der Waals surface area contributed by atoms with E-state index in [1.807, 2.05) is 13.8 Å². The Hall–Kier alpha value is -1.63. The quantitative estimate of drug-likeness (QED) is 0.681. The number of rotatable bonds is 6. The van der Waals surface area contributed by atoms with E-state index in [2.05, 4.69) is 26.1 Å². The highest BCUT2D eigenvalue weighted by Gasteiger charge is 2.21. The first-order valence-corrected chi connectivity index (χ1v) is 6.29. The van der Waals surface area contributed by atoms with Gasteiger partial charge < -0.3 is 20.4 Å². The van der Waals surface area contributed by atoms with E-state index in [9.17, 15) is 4.79 Å². The van der Waals surface area contributed by atoms with Crippen molar-refractivity contribution in [2.75, 3.05) is 18.4 Å². The van der Waals surface area contributed by atoms with Gasteiger partial charge >= 0.3 is 6.01 Å². The average Bonchev–Trinajstić information content (AvgIpc) is 2.95. The van der Waals surface area contributed by atoms with Crippen LogP contribution in [-0.2, 0) is 4.79 Å². The van der Waals surface area contributed by atoms with Gasteiger partial charge in [-0.05, 0) is 19.9 Å². The van der Waals surface area contributed by atoms with Crippen LogP contribution >= 0.6 is 0 Å². The van der Waals surface area contributed by atoms with Gasteiger partial charge in [0.15, 0.2) is 0 Å². The molecular formula is C11H19N5O2. The van der Waals surface area contributed by atoms with Gasteiger partial charge in [0, 0.05) is 19.0 Å². The van der Waals surface area contributed by atoms with Gasteiger partial charge in [0.1, 0.15) is 0 Å². The lowest BCUT2D eigenvalue weighted by molar-refractivity contribution is -0.119. The molecule has 0 saturated carbocycles. The standard InChI is InChI=1S/C11H19N5O2/c1-3-12-7(2)10-15-16-11(18-10)13-6-8-4-5-9(17)14-8/h7-8,12H,3-6H2,1-2H3,(H,13,16)(H,14,17). The maximum atomic E-state index is 11.0. The molecule has 1 aromatic rings. The van der Waals surface area contributed by atoms with E-state index in [0.29, 0.717) is 24.9 Å². The molecule has 2 atom stereocenters. The molecule has 1 saturated heterocycles. The largest absolute Gasteiger partial charge is 0.406 e. The Bertz CT molecular complexity index is 406.